The summed E-state index contributed by atoms with van der Waals surface area (Å²) < 4.78 is 0.844. The number of hydrogen-bond donors (Lipinski definition) is 2. The van der Waals surface area contributed by atoms with Gasteiger partial charge in [-0.15, -0.1) is 0 Å². The van der Waals surface area contributed by atoms with Crippen LogP contribution in [0.1, 0.15) is 11.1 Å². The van der Waals surface area contributed by atoms with Gasteiger partial charge in [0.25, 0.3) is 11.8 Å². The maximum absolute atomic E-state index is 12.7. The molecule has 0 saturated carbocycles. The van der Waals surface area contributed by atoms with Crippen molar-refractivity contribution >= 4 is 45.5 Å². The number of hydrogen-bond acceptors (Lipinski definition) is 4. The lowest BCUT2D eigenvalue weighted by Crippen LogP contribution is -2.54. The highest BCUT2D eigenvalue weighted by molar-refractivity contribution is 9.10. The second kappa shape index (κ2) is 6.52. The molecule has 1 saturated heterocycles. The third-order valence-corrected chi connectivity index (χ3v) is 4.60. The van der Waals surface area contributed by atoms with Crippen LogP contribution in [0.2, 0.25) is 0 Å². The molecule has 2 aromatic rings. The Morgan fingerprint density at radius 2 is 1.76 bits per heavy atom. The van der Waals surface area contributed by atoms with E-state index in [-0.39, 0.29) is 11.3 Å². The molecule has 7 heteroatoms. The molecule has 0 radical (unpaired) electrons. The van der Waals surface area contributed by atoms with E-state index in [4.69, 9.17) is 0 Å². The Labute approximate surface area is 151 Å². The van der Waals surface area contributed by atoms with Crippen LogP contribution in [0.25, 0.3) is 6.08 Å². The van der Waals surface area contributed by atoms with Crippen LogP contribution in [0.4, 0.5) is 10.5 Å². The molecule has 0 bridgehead atoms. The average molecular weight is 401 g/mol. The molecule has 1 aliphatic heterocycles. The number of aromatic hydroxyl groups is 1. The van der Waals surface area contributed by atoms with Gasteiger partial charge in [0.2, 0.25) is 0 Å². The van der Waals surface area contributed by atoms with Gasteiger partial charge in [0, 0.05) is 4.47 Å². The fraction of sp³-hybridized carbons (Fsp3) is 0.0556. The normalized spacial score (nSPS) is 16.3. The Kier molecular flexibility index (Phi) is 4.41. The molecule has 1 heterocycles. The molecule has 4 amide bonds. The smallest absolute Gasteiger partial charge is 0.335 e. The van der Waals surface area contributed by atoms with E-state index in [0.29, 0.717) is 11.3 Å². The van der Waals surface area contributed by atoms with E-state index >= 15 is 0 Å². The number of anilines is 1. The highest BCUT2D eigenvalue weighted by atomic mass is 79.9. The molecule has 6 nitrogen and oxygen atoms in total. The maximum atomic E-state index is 12.7. The van der Waals surface area contributed by atoms with Crippen LogP contribution < -0.4 is 10.2 Å². The molecule has 0 unspecified atom stereocenters. The minimum Gasteiger partial charge on any atom is -0.508 e. The highest BCUT2D eigenvalue weighted by Crippen LogP contribution is 2.26. The summed E-state index contributed by atoms with van der Waals surface area (Å²) in [6.45, 7) is 1.83. The zero-order valence-corrected chi connectivity index (χ0v) is 14.7. The third-order valence-electron chi connectivity index (χ3n) is 3.71. The van der Waals surface area contributed by atoms with Crippen LogP contribution in [-0.4, -0.2) is 23.0 Å². The van der Waals surface area contributed by atoms with Crippen molar-refractivity contribution in [1.82, 2.24) is 5.32 Å². The number of barbiturate groups is 1. The van der Waals surface area contributed by atoms with E-state index in [1.807, 2.05) is 6.92 Å². The Morgan fingerprint density at radius 3 is 2.40 bits per heavy atom. The van der Waals surface area contributed by atoms with Gasteiger partial charge in [-0.1, -0.05) is 28.1 Å². The molecular weight excluding hydrogens is 388 g/mol. The van der Waals surface area contributed by atoms with Crippen LogP contribution >= 0.6 is 15.9 Å². The number of amides is 4. The summed E-state index contributed by atoms with van der Waals surface area (Å²) in [6.07, 6.45) is 1.38. The molecule has 2 N–H and O–H groups in total. The Bertz CT molecular complexity index is 919. The molecular formula is C18H13BrN2O4. The van der Waals surface area contributed by atoms with Crippen molar-refractivity contribution in [3.63, 3.8) is 0 Å². The SMILES string of the molecule is Cc1cc(N2C(=O)NC(=O)/C(=C/c3ccc(O)cc3)C2=O)ccc1Br. The number of phenolic OH excluding ortho intramolecular Hbond substituents is 1. The van der Waals surface area contributed by atoms with Gasteiger partial charge in [-0.3, -0.25) is 14.9 Å². The molecule has 2 aromatic carbocycles. The van der Waals surface area contributed by atoms with Crippen molar-refractivity contribution in [2.75, 3.05) is 4.90 Å². The van der Waals surface area contributed by atoms with E-state index in [0.717, 1.165) is 14.9 Å². The summed E-state index contributed by atoms with van der Waals surface area (Å²) >= 11 is 3.37. The van der Waals surface area contributed by atoms with Gasteiger partial charge >= 0.3 is 6.03 Å². The van der Waals surface area contributed by atoms with Crippen LogP contribution in [0.3, 0.4) is 0 Å². The number of nitrogens with zero attached hydrogens (tertiary/aromatic N) is 1. The molecule has 3 rings (SSSR count). The van der Waals surface area contributed by atoms with Crippen LogP contribution in [0.5, 0.6) is 5.75 Å². The number of carbonyl (C=O) groups is 3. The van der Waals surface area contributed by atoms with Crippen LogP contribution in [0.15, 0.2) is 52.5 Å². The number of imide groups is 2. The van der Waals surface area contributed by atoms with E-state index in [2.05, 4.69) is 21.2 Å². The summed E-state index contributed by atoms with van der Waals surface area (Å²) in [6, 6.07) is 10.2. The topological polar surface area (TPSA) is 86.7 Å². The Hall–Kier alpha value is -2.93. The number of urea groups is 1. The second-order valence-electron chi connectivity index (χ2n) is 5.48. The third kappa shape index (κ3) is 3.32. The minimum absolute atomic E-state index is 0.0729. The van der Waals surface area contributed by atoms with Gasteiger partial charge in [0.1, 0.15) is 11.3 Å². The molecule has 0 aromatic heterocycles. The molecule has 1 fully saturated rings. The fourth-order valence-corrected chi connectivity index (χ4v) is 2.64. The van der Waals surface area contributed by atoms with Gasteiger partial charge < -0.3 is 5.11 Å². The first-order valence-electron chi connectivity index (χ1n) is 7.33. The number of rotatable bonds is 2. The fourth-order valence-electron chi connectivity index (χ4n) is 2.40. The zero-order valence-electron chi connectivity index (χ0n) is 13.1. The predicted molar refractivity (Wildman–Crippen MR) is 96.0 cm³/mol. The summed E-state index contributed by atoms with van der Waals surface area (Å²) in [4.78, 5) is 37.9. The molecule has 25 heavy (non-hydrogen) atoms. The standard InChI is InChI=1S/C18H13BrN2O4/c1-10-8-12(4-7-15(10)19)21-17(24)14(16(23)20-18(21)25)9-11-2-5-13(22)6-3-11/h2-9,22H,1H3,(H,20,23,25)/b14-9-. The number of benzene rings is 2. The summed E-state index contributed by atoms with van der Waals surface area (Å²) in [7, 11) is 0. The first-order chi connectivity index (χ1) is 11.9. The van der Waals surface area contributed by atoms with Crippen molar-refractivity contribution in [2.24, 2.45) is 0 Å². The average Bonchev–Trinajstić information content (AvgIpc) is 2.56. The van der Waals surface area contributed by atoms with Crippen molar-refractivity contribution in [1.29, 1.82) is 0 Å². The predicted octanol–water partition coefficient (Wildman–Crippen LogP) is 3.13. The largest absolute Gasteiger partial charge is 0.508 e. The summed E-state index contributed by atoms with van der Waals surface area (Å²) in [5.74, 6) is -1.39. The minimum atomic E-state index is -0.792. The molecule has 1 aliphatic rings. The Balaban J connectivity index is 2.02. The zero-order chi connectivity index (χ0) is 18.1. The van der Waals surface area contributed by atoms with E-state index < -0.39 is 17.8 Å². The summed E-state index contributed by atoms with van der Waals surface area (Å²) in [5, 5.41) is 11.5. The van der Waals surface area contributed by atoms with Gasteiger partial charge in [0.15, 0.2) is 0 Å². The highest BCUT2D eigenvalue weighted by Gasteiger charge is 2.36. The summed E-state index contributed by atoms with van der Waals surface area (Å²) in [5.41, 5.74) is 1.61. The monoisotopic (exact) mass is 400 g/mol. The molecule has 126 valence electrons. The molecule has 0 aliphatic carbocycles. The van der Waals surface area contributed by atoms with Crippen LogP contribution in [0, 0.1) is 6.92 Å². The van der Waals surface area contributed by atoms with Gasteiger partial charge in [-0.05, 0) is 54.5 Å². The maximum Gasteiger partial charge on any atom is 0.335 e. The first kappa shape index (κ1) is 16.9. The number of halogens is 1. The van der Waals surface area contributed by atoms with Gasteiger partial charge in [-0.2, -0.15) is 0 Å². The number of nitrogens with one attached hydrogen (secondary N) is 1. The van der Waals surface area contributed by atoms with Crippen molar-refractivity contribution < 1.29 is 19.5 Å². The van der Waals surface area contributed by atoms with Crippen molar-refractivity contribution in [3.8, 4) is 5.75 Å². The first-order valence-corrected chi connectivity index (χ1v) is 8.13. The molecule has 0 spiro atoms. The van der Waals surface area contributed by atoms with E-state index in [1.54, 1.807) is 30.3 Å². The van der Waals surface area contributed by atoms with Crippen LogP contribution in [-0.2, 0) is 9.59 Å². The molecule has 0 atom stereocenters. The Morgan fingerprint density at radius 1 is 1.08 bits per heavy atom. The number of aryl methyl sites for hydroxylation is 1. The lowest BCUT2D eigenvalue weighted by Gasteiger charge is -2.26. The number of carbonyl (C=O) groups excluding carboxylic acids is 3. The quantitative estimate of drug-likeness (QED) is 0.598. The second-order valence-corrected chi connectivity index (χ2v) is 6.34. The van der Waals surface area contributed by atoms with Gasteiger partial charge in [-0.25, -0.2) is 9.69 Å². The lowest BCUT2D eigenvalue weighted by atomic mass is 10.1. The number of phenols is 1. The van der Waals surface area contributed by atoms with Gasteiger partial charge in [0.05, 0.1) is 5.69 Å². The van der Waals surface area contributed by atoms with Crippen molar-refractivity contribution in [2.45, 2.75) is 6.92 Å². The van der Waals surface area contributed by atoms with E-state index in [9.17, 15) is 19.5 Å². The lowest BCUT2D eigenvalue weighted by molar-refractivity contribution is -0.122. The van der Waals surface area contributed by atoms with Crippen molar-refractivity contribution in [3.05, 3.63) is 63.6 Å². The van der Waals surface area contributed by atoms with E-state index in [1.165, 1.54) is 18.2 Å².